The molecule has 1 aliphatic heterocycles. The predicted octanol–water partition coefficient (Wildman–Crippen LogP) is 1.22. The number of hydrogen-bond acceptors (Lipinski definition) is 3. The monoisotopic (exact) mass is 265 g/mol. The van der Waals surface area contributed by atoms with Crippen LogP contribution in [0, 0.1) is 0 Å². The lowest BCUT2D eigenvalue weighted by atomic mass is 10.3. The molecule has 0 aromatic carbocycles. The van der Waals surface area contributed by atoms with Crippen LogP contribution >= 0.6 is 22.6 Å². The minimum atomic E-state index is 0.380. The Bertz CT molecular complexity index is 196. The summed E-state index contributed by atoms with van der Waals surface area (Å²) in [5, 5.41) is 0. The topological polar surface area (TPSA) is 36.4 Å². The van der Waals surface area contributed by atoms with E-state index in [1.807, 2.05) is 0 Å². The highest BCUT2D eigenvalue weighted by molar-refractivity contribution is 14.1. The summed E-state index contributed by atoms with van der Waals surface area (Å²) in [5.41, 5.74) is 7.15. The van der Waals surface area contributed by atoms with Crippen LogP contribution in [0.2, 0.25) is 0 Å². The minimum Gasteiger partial charge on any atom is -0.316 e. The van der Waals surface area contributed by atoms with Crippen molar-refractivity contribution in [2.24, 2.45) is 4.99 Å². The van der Waals surface area contributed by atoms with Crippen LogP contribution in [0.15, 0.2) is 14.8 Å². The number of nitrogens with zero attached hydrogens (tertiary/aromatic N) is 1. The van der Waals surface area contributed by atoms with Crippen molar-refractivity contribution >= 4 is 28.3 Å². The molecule has 0 aliphatic carbocycles. The van der Waals surface area contributed by atoms with Crippen molar-refractivity contribution in [3.8, 4) is 0 Å². The fourth-order valence-corrected chi connectivity index (χ4v) is 1.42. The van der Waals surface area contributed by atoms with E-state index in [-0.39, 0.29) is 0 Å². The summed E-state index contributed by atoms with van der Waals surface area (Å²) >= 11 is 2.23. The molecule has 0 aromatic rings. The molecule has 62 valence electrons. The summed E-state index contributed by atoms with van der Waals surface area (Å²) < 4.78 is 1.09. The van der Waals surface area contributed by atoms with Crippen LogP contribution < -0.4 is 10.9 Å². The second-order valence-electron chi connectivity index (χ2n) is 2.69. The van der Waals surface area contributed by atoms with Crippen molar-refractivity contribution in [2.75, 3.05) is 6.54 Å². The van der Waals surface area contributed by atoms with E-state index in [1.165, 1.54) is 0 Å². The first kappa shape index (κ1) is 8.99. The van der Waals surface area contributed by atoms with E-state index in [0.29, 0.717) is 6.04 Å². The van der Waals surface area contributed by atoms with Crippen LogP contribution in [-0.2, 0) is 0 Å². The number of halogens is 1. The number of hydrazine groups is 1. The van der Waals surface area contributed by atoms with Crippen molar-refractivity contribution < 1.29 is 0 Å². The van der Waals surface area contributed by atoms with E-state index in [2.05, 4.69) is 58.4 Å². The fraction of sp³-hybridized carbons (Fsp3) is 0.571. The molecule has 3 nitrogen and oxygen atoms in total. The summed E-state index contributed by atoms with van der Waals surface area (Å²) in [5.74, 6) is 0. The molecule has 1 heterocycles. The summed E-state index contributed by atoms with van der Waals surface area (Å²) in [6.07, 6.45) is 2.05. The average Bonchev–Trinajstić information content (AvgIpc) is 1.85. The largest absolute Gasteiger partial charge is 0.316 e. The molecule has 0 saturated carbocycles. The Labute approximate surface area is 80.5 Å². The van der Waals surface area contributed by atoms with E-state index in [0.717, 1.165) is 16.0 Å². The van der Waals surface area contributed by atoms with Gasteiger partial charge < -0.3 is 5.43 Å². The highest BCUT2D eigenvalue weighted by Crippen LogP contribution is 2.03. The molecule has 0 amide bonds. The van der Waals surface area contributed by atoms with E-state index in [4.69, 9.17) is 0 Å². The highest BCUT2D eigenvalue weighted by Gasteiger charge is 2.03. The van der Waals surface area contributed by atoms with Gasteiger partial charge in [-0.15, -0.1) is 0 Å². The van der Waals surface area contributed by atoms with Gasteiger partial charge in [-0.3, -0.25) is 4.99 Å². The molecule has 1 aliphatic rings. The standard InChI is InChI=1S/C7H12IN3/c1-5(2)10-6-3-7(8)11-9-4-6/h3,5,9,11H,4H2,1-2H3. The molecule has 11 heavy (non-hydrogen) atoms. The van der Waals surface area contributed by atoms with Gasteiger partial charge in [0.1, 0.15) is 0 Å². The SMILES string of the molecule is CC(C)N=C1C=C(I)NNC1. The Morgan fingerprint density at radius 3 is 2.91 bits per heavy atom. The lowest BCUT2D eigenvalue weighted by Gasteiger charge is -2.14. The van der Waals surface area contributed by atoms with E-state index in [1.54, 1.807) is 0 Å². The zero-order chi connectivity index (χ0) is 8.27. The Hall–Kier alpha value is -0.100. The van der Waals surface area contributed by atoms with Crippen molar-refractivity contribution in [3.05, 3.63) is 9.78 Å². The third-order valence-corrected chi connectivity index (χ3v) is 1.78. The second kappa shape index (κ2) is 4.06. The predicted molar refractivity (Wildman–Crippen MR) is 55.8 cm³/mol. The summed E-state index contributed by atoms with van der Waals surface area (Å²) in [7, 11) is 0. The highest BCUT2D eigenvalue weighted by atomic mass is 127. The molecule has 0 fully saturated rings. The number of nitrogens with one attached hydrogen (secondary N) is 2. The van der Waals surface area contributed by atoms with Crippen LogP contribution in [0.25, 0.3) is 0 Å². The van der Waals surface area contributed by atoms with Crippen molar-refractivity contribution in [2.45, 2.75) is 19.9 Å². The Morgan fingerprint density at radius 1 is 1.64 bits per heavy atom. The molecule has 0 unspecified atom stereocenters. The first-order chi connectivity index (χ1) is 5.18. The van der Waals surface area contributed by atoms with Crippen LogP contribution in [0.4, 0.5) is 0 Å². The van der Waals surface area contributed by atoms with Crippen LogP contribution in [0.1, 0.15) is 13.8 Å². The number of rotatable bonds is 1. The third-order valence-electron chi connectivity index (χ3n) is 1.19. The van der Waals surface area contributed by atoms with Gasteiger partial charge in [-0.2, -0.15) is 0 Å². The smallest absolute Gasteiger partial charge is 0.0892 e. The summed E-state index contributed by atoms with van der Waals surface area (Å²) in [6, 6.07) is 0.380. The zero-order valence-electron chi connectivity index (χ0n) is 6.69. The normalized spacial score (nSPS) is 21.8. The molecule has 0 atom stereocenters. The van der Waals surface area contributed by atoms with Gasteiger partial charge in [-0.1, -0.05) is 0 Å². The van der Waals surface area contributed by atoms with Gasteiger partial charge in [0.2, 0.25) is 0 Å². The lowest BCUT2D eigenvalue weighted by molar-refractivity contribution is 0.676. The third kappa shape index (κ3) is 3.20. The van der Waals surface area contributed by atoms with Crippen molar-refractivity contribution in [1.29, 1.82) is 0 Å². The molecule has 1 rings (SSSR count). The van der Waals surface area contributed by atoms with E-state index in [9.17, 15) is 0 Å². The fourth-order valence-electron chi connectivity index (χ4n) is 0.867. The molecule has 0 aromatic heterocycles. The van der Waals surface area contributed by atoms with Crippen LogP contribution in [0.5, 0.6) is 0 Å². The maximum Gasteiger partial charge on any atom is 0.0892 e. The van der Waals surface area contributed by atoms with Gasteiger partial charge in [0.25, 0.3) is 0 Å². The van der Waals surface area contributed by atoms with Gasteiger partial charge in [0, 0.05) is 6.04 Å². The molecule has 0 bridgehead atoms. The maximum atomic E-state index is 4.42. The quantitative estimate of drug-likeness (QED) is 0.552. The molecule has 2 N–H and O–H groups in total. The van der Waals surface area contributed by atoms with Crippen molar-refractivity contribution in [3.63, 3.8) is 0 Å². The molecular formula is C7H12IN3. The number of hydrogen-bond donors (Lipinski definition) is 2. The molecule has 0 saturated heterocycles. The average molecular weight is 265 g/mol. The Kier molecular flexibility index (Phi) is 3.32. The van der Waals surface area contributed by atoms with Gasteiger partial charge >= 0.3 is 0 Å². The zero-order valence-corrected chi connectivity index (χ0v) is 8.84. The van der Waals surface area contributed by atoms with Gasteiger partial charge in [0.15, 0.2) is 0 Å². The Morgan fingerprint density at radius 2 is 2.36 bits per heavy atom. The Balaban J connectivity index is 2.65. The van der Waals surface area contributed by atoms with Gasteiger partial charge in [-0.05, 0) is 42.5 Å². The van der Waals surface area contributed by atoms with E-state index < -0.39 is 0 Å². The molecular weight excluding hydrogens is 253 g/mol. The summed E-state index contributed by atoms with van der Waals surface area (Å²) in [6.45, 7) is 4.97. The molecule has 0 radical (unpaired) electrons. The van der Waals surface area contributed by atoms with E-state index >= 15 is 0 Å². The summed E-state index contributed by atoms with van der Waals surface area (Å²) in [4.78, 5) is 4.42. The first-order valence-corrected chi connectivity index (χ1v) is 4.69. The van der Waals surface area contributed by atoms with Crippen molar-refractivity contribution in [1.82, 2.24) is 10.9 Å². The van der Waals surface area contributed by atoms with Gasteiger partial charge in [0.05, 0.1) is 16.0 Å². The lowest BCUT2D eigenvalue weighted by Crippen LogP contribution is -2.38. The van der Waals surface area contributed by atoms with Gasteiger partial charge in [-0.25, -0.2) is 5.43 Å². The first-order valence-electron chi connectivity index (χ1n) is 3.61. The van der Waals surface area contributed by atoms with Crippen LogP contribution in [-0.4, -0.2) is 18.3 Å². The molecule has 0 spiro atoms. The number of aliphatic imine (C=N–C) groups is 1. The van der Waals surface area contributed by atoms with Crippen LogP contribution in [0.3, 0.4) is 0 Å². The maximum absolute atomic E-state index is 4.42. The molecule has 4 heteroatoms. The minimum absolute atomic E-state index is 0.380. The second-order valence-corrected chi connectivity index (χ2v) is 3.85.